The van der Waals surface area contributed by atoms with Crippen molar-refractivity contribution in [3.63, 3.8) is 0 Å². The second-order valence-corrected chi connectivity index (χ2v) is 8.72. The maximum absolute atomic E-state index is 12.9. The topological polar surface area (TPSA) is 79.4 Å². The molecule has 1 aliphatic rings. The van der Waals surface area contributed by atoms with E-state index in [0.717, 1.165) is 0 Å². The van der Waals surface area contributed by atoms with Gasteiger partial charge in [0.25, 0.3) is 5.91 Å². The van der Waals surface area contributed by atoms with Crippen LogP contribution >= 0.6 is 34.7 Å². The predicted octanol–water partition coefficient (Wildman–Crippen LogP) is 4.47. The number of nitrogens with zero attached hydrogens (tertiary/aromatic N) is 2. The molecule has 1 N–H and O–H groups in total. The van der Waals surface area contributed by atoms with Crippen molar-refractivity contribution >= 4 is 63.2 Å². The first-order valence-electron chi connectivity index (χ1n) is 8.62. The fraction of sp³-hybridized carbons (Fsp3) is 0.100. The number of amides is 3. The summed E-state index contributed by atoms with van der Waals surface area (Å²) in [5.74, 6) is -0.897. The molecule has 29 heavy (non-hydrogen) atoms. The standard InChI is InChI=1S/C20H14ClN3O3S2/c21-12-5-7-13(8-6-12)24-17(25)11-16(19(24)27)29-15-4-2-1-3-14(15)18(26)23-20-22-9-10-28-20/h1-10,16H,11H2,(H,22,23,26). The lowest BCUT2D eigenvalue weighted by Crippen LogP contribution is -2.31. The molecular weight excluding hydrogens is 430 g/mol. The number of rotatable bonds is 5. The minimum atomic E-state index is -0.605. The molecule has 1 fully saturated rings. The van der Waals surface area contributed by atoms with Crippen molar-refractivity contribution in [2.24, 2.45) is 0 Å². The first kappa shape index (κ1) is 19.6. The quantitative estimate of drug-likeness (QED) is 0.588. The molecule has 1 aliphatic heterocycles. The molecular formula is C20H14ClN3O3S2. The zero-order chi connectivity index (χ0) is 20.4. The van der Waals surface area contributed by atoms with Crippen LogP contribution in [0.3, 0.4) is 0 Å². The van der Waals surface area contributed by atoms with Gasteiger partial charge < -0.3 is 0 Å². The van der Waals surface area contributed by atoms with E-state index in [9.17, 15) is 14.4 Å². The zero-order valence-corrected chi connectivity index (χ0v) is 17.3. The molecule has 146 valence electrons. The van der Waals surface area contributed by atoms with Gasteiger partial charge in [0.2, 0.25) is 11.8 Å². The molecule has 0 saturated carbocycles. The van der Waals surface area contributed by atoms with Crippen molar-refractivity contribution in [1.82, 2.24) is 4.98 Å². The number of nitrogens with one attached hydrogen (secondary N) is 1. The van der Waals surface area contributed by atoms with E-state index < -0.39 is 5.25 Å². The minimum Gasteiger partial charge on any atom is -0.298 e. The number of carbonyl (C=O) groups is 3. The Kier molecular flexibility index (Phi) is 5.66. The summed E-state index contributed by atoms with van der Waals surface area (Å²) in [6.45, 7) is 0. The monoisotopic (exact) mass is 443 g/mol. The summed E-state index contributed by atoms with van der Waals surface area (Å²) in [6.07, 6.45) is 1.67. The van der Waals surface area contributed by atoms with Gasteiger partial charge in [0.15, 0.2) is 5.13 Å². The Labute approximate surface area is 179 Å². The molecule has 2 heterocycles. The number of anilines is 2. The van der Waals surface area contributed by atoms with Crippen molar-refractivity contribution in [3.05, 3.63) is 70.7 Å². The largest absolute Gasteiger partial charge is 0.298 e. The average molecular weight is 444 g/mol. The molecule has 0 bridgehead atoms. The number of benzene rings is 2. The fourth-order valence-electron chi connectivity index (χ4n) is 2.92. The van der Waals surface area contributed by atoms with Gasteiger partial charge in [-0.25, -0.2) is 9.88 Å². The van der Waals surface area contributed by atoms with E-state index in [1.807, 2.05) is 0 Å². The molecule has 0 spiro atoms. The Morgan fingerprint density at radius 2 is 1.93 bits per heavy atom. The van der Waals surface area contributed by atoms with E-state index in [2.05, 4.69) is 10.3 Å². The Hall–Kier alpha value is -2.68. The van der Waals surface area contributed by atoms with Crippen molar-refractivity contribution in [1.29, 1.82) is 0 Å². The Bertz CT molecular complexity index is 1070. The van der Waals surface area contributed by atoms with Crippen molar-refractivity contribution in [2.75, 3.05) is 10.2 Å². The number of hydrogen-bond acceptors (Lipinski definition) is 6. The maximum Gasteiger partial charge on any atom is 0.258 e. The van der Waals surface area contributed by atoms with Crippen LogP contribution in [-0.2, 0) is 9.59 Å². The molecule has 1 saturated heterocycles. The lowest BCUT2D eigenvalue weighted by atomic mass is 10.2. The van der Waals surface area contributed by atoms with Gasteiger partial charge in [0.1, 0.15) is 0 Å². The maximum atomic E-state index is 12.9. The Morgan fingerprint density at radius 1 is 1.17 bits per heavy atom. The van der Waals surface area contributed by atoms with E-state index in [0.29, 0.717) is 26.3 Å². The smallest absolute Gasteiger partial charge is 0.258 e. The third-order valence-corrected chi connectivity index (χ3v) is 6.45. The number of halogens is 1. The summed E-state index contributed by atoms with van der Waals surface area (Å²) in [6, 6.07) is 13.5. The van der Waals surface area contributed by atoms with Crippen LogP contribution in [0.2, 0.25) is 5.02 Å². The summed E-state index contributed by atoms with van der Waals surface area (Å²) < 4.78 is 0. The molecule has 0 radical (unpaired) electrons. The summed E-state index contributed by atoms with van der Waals surface area (Å²) in [4.78, 5) is 43.9. The van der Waals surface area contributed by atoms with E-state index in [-0.39, 0.29) is 24.1 Å². The molecule has 4 rings (SSSR count). The van der Waals surface area contributed by atoms with E-state index in [1.165, 1.54) is 28.0 Å². The molecule has 6 nitrogen and oxygen atoms in total. The number of thiazole rings is 1. The SMILES string of the molecule is O=C(Nc1nccs1)c1ccccc1SC1CC(=O)N(c2ccc(Cl)cc2)C1=O. The van der Waals surface area contributed by atoms with Crippen LogP contribution in [0.4, 0.5) is 10.8 Å². The van der Waals surface area contributed by atoms with Gasteiger partial charge in [-0.3, -0.25) is 19.7 Å². The molecule has 2 aromatic carbocycles. The summed E-state index contributed by atoms with van der Waals surface area (Å²) >= 11 is 8.43. The molecule has 0 aliphatic carbocycles. The van der Waals surface area contributed by atoms with Crippen LogP contribution in [0, 0.1) is 0 Å². The van der Waals surface area contributed by atoms with Crippen LogP contribution in [0.15, 0.2) is 65.0 Å². The summed E-state index contributed by atoms with van der Waals surface area (Å²) in [5.41, 5.74) is 0.917. The van der Waals surface area contributed by atoms with Gasteiger partial charge in [-0.05, 0) is 36.4 Å². The lowest BCUT2D eigenvalue weighted by Gasteiger charge is -2.15. The van der Waals surface area contributed by atoms with Crippen LogP contribution in [0.5, 0.6) is 0 Å². The number of imide groups is 1. The first-order valence-corrected chi connectivity index (χ1v) is 10.8. The predicted molar refractivity (Wildman–Crippen MR) is 115 cm³/mol. The van der Waals surface area contributed by atoms with Gasteiger partial charge in [0.05, 0.1) is 16.5 Å². The number of aromatic nitrogens is 1. The minimum absolute atomic E-state index is 0.0640. The van der Waals surface area contributed by atoms with Crippen LogP contribution in [0.1, 0.15) is 16.8 Å². The highest BCUT2D eigenvalue weighted by molar-refractivity contribution is 8.00. The van der Waals surface area contributed by atoms with Gasteiger partial charge in [-0.1, -0.05) is 23.7 Å². The third kappa shape index (κ3) is 4.19. The first-order chi connectivity index (χ1) is 14.0. The van der Waals surface area contributed by atoms with Crippen molar-refractivity contribution in [2.45, 2.75) is 16.6 Å². The molecule has 1 unspecified atom stereocenters. The Balaban J connectivity index is 1.54. The zero-order valence-electron chi connectivity index (χ0n) is 14.9. The van der Waals surface area contributed by atoms with E-state index in [4.69, 9.17) is 11.6 Å². The Morgan fingerprint density at radius 3 is 2.66 bits per heavy atom. The molecule has 1 aromatic heterocycles. The molecule has 3 amide bonds. The van der Waals surface area contributed by atoms with Crippen molar-refractivity contribution in [3.8, 4) is 0 Å². The van der Waals surface area contributed by atoms with Gasteiger partial charge in [-0.15, -0.1) is 23.1 Å². The highest BCUT2D eigenvalue weighted by Crippen LogP contribution is 2.36. The fourth-order valence-corrected chi connectivity index (χ4v) is 4.75. The summed E-state index contributed by atoms with van der Waals surface area (Å²) in [5, 5.41) is 4.93. The number of thioether (sulfide) groups is 1. The molecule has 1 atom stereocenters. The van der Waals surface area contributed by atoms with E-state index in [1.54, 1.807) is 60.1 Å². The van der Waals surface area contributed by atoms with Gasteiger partial charge in [0, 0.05) is 27.9 Å². The van der Waals surface area contributed by atoms with Gasteiger partial charge in [-0.2, -0.15) is 0 Å². The van der Waals surface area contributed by atoms with E-state index >= 15 is 0 Å². The summed E-state index contributed by atoms with van der Waals surface area (Å²) in [7, 11) is 0. The van der Waals surface area contributed by atoms with Crippen LogP contribution < -0.4 is 10.2 Å². The number of carbonyl (C=O) groups excluding carboxylic acids is 3. The average Bonchev–Trinajstić information content (AvgIpc) is 3.31. The van der Waals surface area contributed by atoms with Crippen molar-refractivity contribution < 1.29 is 14.4 Å². The highest BCUT2D eigenvalue weighted by atomic mass is 35.5. The van der Waals surface area contributed by atoms with Crippen LogP contribution in [0.25, 0.3) is 0 Å². The number of hydrogen-bond donors (Lipinski definition) is 1. The second-order valence-electron chi connectivity index (χ2n) is 6.14. The van der Waals surface area contributed by atoms with Crippen LogP contribution in [-0.4, -0.2) is 28.0 Å². The molecule has 3 aromatic rings. The highest BCUT2D eigenvalue weighted by Gasteiger charge is 2.40. The third-order valence-electron chi connectivity index (χ3n) is 4.24. The second kappa shape index (κ2) is 8.36. The lowest BCUT2D eigenvalue weighted by molar-refractivity contribution is -0.121. The molecule has 9 heteroatoms. The normalized spacial score (nSPS) is 16.3. The van der Waals surface area contributed by atoms with Gasteiger partial charge >= 0.3 is 0 Å².